The third-order valence-electron chi connectivity index (χ3n) is 4.82. The molecule has 0 amide bonds. The summed E-state index contributed by atoms with van der Waals surface area (Å²) in [7, 11) is 0. The van der Waals surface area contributed by atoms with Crippen molar-refractivity contribution in [3.8, 4) is 5.75 Å². The van der Waals surface area contributed by atoms with E-state index in [1.165, 1.54) is 5.56 Å². The second kappa shape index (κ2) is 13.4. The van der Waals surface area contributed by atoms with Gasteiger partial charge in [0.25, 0.3) is 0 Å². The minimum Gasteiger partial charge on any atom is -0.491 e. The summed E-state index contributed by atoms with van der Waals surface area (Å²) in [6, 6.07) is 12.3. The quantitative estimate of drug-likeness (QED) is 0.296. The molecule has 1 aromatic carbocycles. The van der Waals surface area contributed by atoms with Gasteiger partial charge in [0, 0.05) is 43.6 Å². The summed E-state index contributed by atoms with van der Waals surface area (Å²) < 4.78 is 11.8. The Bertz CT molecular complexity index is 780. The van der Waals surface area contributed by atoms with Gasteiger partial charge in [-0.05, 0) is 50.5 Å². The number of halogens is 1. The van der Waals surface area contributed by atoms with Gasteiger partial charge in [-0.3, -0.25) is 4.98 Å². The summed E-state index contributed by atoms with van der Waals surface area (Å²) in [4.78, 5) is 9.11. The molecule has 30 heavy (non-hydrogen) atoms. The minimum atomic E-state index is 0. The third kappa shape index (κ3) is 8.10. The lowest BCUT2D eigenvalue weighted by Crippen LogP contribution is -2.38. The molecule has 1 unspecified atom stereocenters. The van der Waals surface area contributed by atoms with Gasteiger partial charge in [-0.2, -0.15) is 0 Å². The van der Waals surface area contributed by atoms with Crippen molar-refractivity contribution in [1.29, 1.82) is 0 Å². The molecule has 0 bridgehead atoms. The second-order valence-corrected chi connectivity index (χ2v) is 7.25. The highest BCUT2D eigenvalue weighted by molar-refractivity contribution is 14.0. The zero-order chi connectivity index (χ0) is 20.3. The zero-order valence-electron chi connectivity index (χ0n) is 17.9. The molecule has 1 saturated heterocycles. The van der Waals surface area contributed by atoms with Crippen LogP contribution in [0.2, 0.25) is 0 Å². The third-order valence-corrected chi connectivity index (χ3v) is 4.82. The number of hydrogen-bond acceptors (Lipinski definition) is 4. The molecule has 2 N–H and O–H groups in total. The van der Waals surface area contributed by atoms with E-state index in [4.69, 9.17) is 14.5 Å². The predicted molar refractivity (Wildman–Crippen MR) is 132 cm³/mol. The highest BCUT2D eigenvalue weighted by Gasteiger charge is 2.17. The first-order chi connectivity index (χ1) is 14.2. The molecule has 1 fully saturated rings. The Morgan fingerprint density at radius 3 is 2.90 bits per heavy atom. The van der Waals surface area contributed by atoms with Crippen LogP contribution in [0.4, 0.5) is 0 Å². The molecule has 1 aliphatic rings. The fourth-order valence-electron chi connectivity index (χ4n) is 3.25. The zero-order valence-corrected chi connectivity index (χ0v) is 20.2. The number of pyridine rings is 1. The SMILES string of the molecule is CCNC(=NCc1ccc(C)cc1OCC1CCCO1)NCCc1ccccn1.I. The number of aliphatic imine (C=N–C) groups is 1. The van der Waals surface area contributed by atoms with Crippen molar-refractivity contribution in [2.45, 2.75) is 45.8 Å². The van der Waals surface area contributed by atoms with E-state index < -0.39 is 0 Å². The number of aryl methyl sites for hydroxylation is 1. The predicted octanol–water partition coefficient (Wildman–Crippen LogP) is 3.86. The van der Waals surface area contributed by atoms with Gasteiger partial charge in [-0.15, -0.1) is 24.0 Å². The molecule has 2 aromatic rings. The number of nitrogens with zero attached hydrogens (tertiary/aromatic N) is 2. The molecule has 1 atom stereocenters. The van der Waals surface area contributed by atoms with Crippen molar-refractivity contribution in [2.24, 2.45) is 4.99 Å². The molecule has 3 rings (SSSR count). The van der Waals surface area contributed by atoms with Crippen LogP contribution >= 0.6 is 24.0 Å². The molecular formula is C23H33IN4O2. The number of ether oxygens (including phenoxy) is 2. The number of nitrogens with one attached hydrogen (secondary N) is 2. The molecule has 2 heterocycles. The molecule has 0 spiro atoms. The lowest BCUT2D eigenvalue weighted by molar-refractivity contribution is 0.0676. The molecule has 164 valence electrons. The Balaban J connectivity index is 0.00000320. The van der Waals surface area contributed by atoms with Gasteiger partial charge in [-0.25, -0.2) is 4.99 Å². The molecule has 6 nitrogen and oxygen atoms in total. The van der Waals surface area contributed by atoms with E-state index >= 15 is 0 Å². The van der Waals surface area contributed by atoms with Crippen LogP contribution < -0.4 is 15.4 Å². The number of rotatable bonds is 9. The van der Waals surface area contributed by atoms with Crippen molar-refractivity contribution < 1.29 is 9.47 Å². The van der Waals surface area contributed by atoms with Gasteiger partial charge in [0.1, 0.15) is 12.4 Å². The number of aromatic nitrogens is 1. The average molecular weight is 524 g/mol. The Morgan fingerprint density at radius 1 is 1.27 bits per heavy atom. The minimum absolute atomic E-state index is 0. The lowest BCUT2D eigenvalue weighted by Gasteiger charge is -2.15. The lowest BCUT2D eigenvalue weighted by atomic mass is 10.1. The Hall–Kier alpha value is -1.87. The maximum absolute atomic E-state index is 6.09. The van der Waals surface area contributed by atoms with E-state index in [1.807, 2.05) is 24.4 Å². The van der Waals surface area contributed by atoms with E-state index in [-0.39, 0.29) is 30.1 Å². The standard InChI is InChI=1S/C23H32N4O2.HI/c1-3-24-23(26-13-11-20-7-4-5-12-25-20)27-16-19-10-9-18(2)15-22(19)29-17-21-8-6-14-28-21;/h4-5,7,9-10,12,15,21H,3,6,8,11,13-14,16-17H2,1-2H3,(H2,24,26,27);1H. The van der Waals surface area contributed by atoms with E-state index in [1.54, 1.807) is 0 Å². The molecule has 0 radical (unpaired) electrons. The van der Waals surface area contributed by atoms with Crippen LogP contribution in [0, 0.1) is 6.92 Å². The first kappa shape index (κ1) is 24.4. The van der Waals surface area contributed by atoms with Crippen LogP contribution in [0.25, 0.3) is 0 Å². The monoisotopic (exact) mass is 524 g/mol. The van der Waals surface area contributed by atoms with Crippen LogP contribution in [-0.2, 0) is 17.7 Å². The largest absolute Gasteiger partial charge is 0.491 e. The first-order valence-corrected chi connectivity index (χ1v) is 10.5. The van der Waals surface area contributed by atoms with Crippen LogP contribution in [0.5, 0.6) is 5.75 Å². The molecule has 0 saturated carbocycles. The normalized spacial score (nSPS) is 16.1. The van der Waals surface area contributed by atoms with Gasteiger partial charge in [0.05, 0.1) is 12.6 Å². The van der Waals surface area contributed by atoms with Crippen LogP contribution in [0.1, 0.15) is 36.6 Å². The van der Waals surface area contributed by atoms with Gasteiger partial charge in [-0.1, -0.05) is 18.2 Å². The average Bonchev–Trinajstić information content (AvgIpc) is 3.26. The van der Waals surface area contributed by atoms with Crippen molar-refractivity contribution in [3.63, 3.8) is 0 Å². The van der Waals surface area contributed by atoms with Crippen LogP contribution in [0.3, 0.4) is 0 Å². The van der Waals surface area contributed by atoms with Gasteiger partial charge < -0.3 is 20.1 Å². The molecule has 1 aromatic heterocycles. The van der Waals surface area contributed by atoms with Crippen molar-refractivity contribution >= 4 is 29.9 Å². The Kier molecular flexibility index (Phi) is 10.9. The summed E-state index contributed by atoms with van der Waals surface area (Å²) >= 11 is 0. The molecule has 7 heteroatoms. The molecular weight excluding hydrogens is 491 g/mol. The second-order valence-electron chi connectivity index (χ2n) is 7.25. The van der Waals surface area contributed by atoms with Gasteiger partial charge >= 0.3 is 0 Å². The summed E-state index contributed by atoms with van der Waals surface area (Å²) in [6.07, 6.45) is 5.08. The van der Waals surface area contributed by atoms with Crippen molar-refractivity contribution in [3.05, 3.63) is 59.4 Å². The maximum Gasteiger partial charge on any atom is 0.191 e. The highest BCUT2D eigenvalue weighted by atomic mass is 127. The van der Waals surface area contributed by atoms with Gasteiger partial charge in [0.2, 0.25) is 0 Å². The number of benzene rings is 1. The van der Waals surface area contributed by atoms with E-state index in [0.717, 1.165) is 61.9 Å². The fourth-order valence-corrected chi connectivity index (χ4v) is 3.25. The van der Waals surface area contributed by atoms with Gasteiger partial charge in [0.15, 0.2) is 5.96 Å². The summed E-state index contributed by atoms with van der Waals surface area (Å²) in [5.74, 6) is 1.70. The summed E-state index contributed by atoms with van der Waals surface area (Å²) in [5.41, 5.74) is 3.33. The van der Waals surface area contributed by atoms with Crippen molar-refractivity contribution in [1.82, 2.24) is 15.6 Å². The highest BCUT2D eigenvalue weighted by Crippen LogP contribution is 2.23. The molecule has 0 aliphatic carbocycles. The fraction of sp³-hybridized carbons (Fsp3) is 0.478. The number of hydrogen-bond donors (Lipinski definition) is 2. The summed E-state index contributed by atoms with van der Waals surface area (Å²) in [6.45, 7) is 7.73. The Morgan fingerprint density at radius 2 is 2.17 bits per heavy atom. The smallest absolute Gasteiger partial charge is 0.191 e. The van der Waals surface area contributed by atoms with Crippen LogP contribution in [-0.4, -0.2) is 43.4 Å². The van der Waals surface area contributed by atoms with E-state index in [9.17, 15) is 0 Å². The van der Waals surface area contributed by atoms with E-state index in [2.05, 4.69) is 47.7 Å². The first-order valence-electron chi connectivity index (χ1n) is 10.5. The molecule has 1 aliphatic heterocycles. The van der Waals surface area contributed by atoms with Crippen LogP contribution in [0.15, 0.2) is 47.6 Å². The number of guanidine groups is 1. The topological polar surface area (TPSA) is 67.8 Å². The summed E-state index contributed by atoms with van der Waals surface area (Å²) in [5, 5.41) is 6.69. The van der Waals surface area contributed by atoms with Crippen molar-refractivity contribution in [2.75, 3.05) is 26.3 Å². The maximum atomic E-state index is 6.09. The Labute approximate surface area is 196 Å². The van der Waals surface area contributed by atoms with E-state index in [0.29, 0.717) is 13.2 Å².